The molecule has 124 valence electrons. The lowest BCUT2D eigenvalue weighted by molar-refractivity contribution is -0.128. The number of hydrogen-bond donors (Lipinski definition) is 1. The van der Waals surface area contributed by atoms with Crippen LogP contribution in [-0.4, -0.2) is 34.4 Å². The van der Waals surface area contributed by atoms with E-state index in [9.17, 15) is 4.79 Å². The van der Waals surface area contributed by atoms with Crippen LogP contribution in [0, 0.1) is 0 Å². The zero-order chi connectivity index (χ0) is 16.5. The molecule has 1 saturated heterocycles. The number of rotatable bonds is 5. The first kappa shape index (κ1) is 15.3. The molecule has 1 saturated carbocycles. The maximum Gasteiger partial charge on any atom is 0.224 e. The van der Waals surface area contributed by atoms with E-state index >= 15 is 0 Å². The van der Waals surface area contributed by atoms with Crippen LogP contribution < -0.4 is 5.32 Å². The van der Waals surface area contributed by atoms with Crippen molar-refractivity contribution in [3.05, 3.63) is 54.4 Å². The van der Waals surface area contributed by atoms with E-state index in [1.54, 1.807) is 0 Å². The highest BCUT2D eigenvalue weighted by Crippen LogP contribution is 2.31. The van der Waals surface area contributed by atoms with Crippen molar-refractivity contribution in [1.82, 2.24) is 15.2 Å². The molecule has 1 N–H and O–H groups in total. The summed E-state index contributed by atoms with van der Waals surface area (Å²) >= 11 is 0. The molecule has 4 nitrogen and oxygen atoms in total. The maximum absolute atomic E-state index is 12.1. The minimum Gasteiger partial charge on any atom is -0.338 e. The van der Waals surface area contributed by atoms with Gasteiger partial charge in [-0.15, -0.1) is 0 Å². The Morgan fingerprint density at radius 3 is 2.71 bits per heavy atom. The highest BCUT2D eigenvalue weighted by Gasteiger charge is 2.39. The second kappa shape index (κ2) is 6.36. The Morgan fingerprint density at radius 1 is 1.17 bits per heavy atom. The van der Waals surface area contributed by atoms with E-state index in [4.69, 9.17) is 0 Å². The summed E-state index contributed by atoms with van der Waals surface area (Å²) in [5, 5.41) is 3.64. The van der Waals surface area contributed by atoms with Crippen molar-refractivity contribution >= 4 is 5.91 Å². The molecule has 24 heavy (non-hydrogen) atoms. The monoisotopic (exact) mass is 321 g/mol. The minimum absolute atomic E-state index is 0.226. The van der Waals surface area contributed by atoms with Crippen LogP contribution in [0.1, 0.15) is 37.8 Å². The molecule has 0 unspecified atom stereocenters. The predicted molar refractivity (Wildman–Crippen MR) is 94.4 cm³/mol. The van der Waals surface area contributed by atoms with E-state index in [0.29, 0.717) is 18.4 Å². The van der Waals surface area contributed by atoms with Gasteiger partial charge >= 0.3 is 0 Å². The molecule has 1 aliphatic carbocycles. The third-order valence-electron chi connectivity index (χ3n) is 5.03. The fraction of sp³-hybridized carbons (Fsp3) is 0.400. The molecule has 1 amide bonds. The molecular weight excluding hydrogens is 298 g/mol. The SMILES string of the molecule is C[C@H](N[C@@H]1CC(=O)N(C2CC2)C1)c1cccc(-c2ccncc2)c1. The van der Waals surface area contributed by atoms with Crippen LogP contribution in [-0.2, 0) is 4.79 Å². The van der Waals surface area contributed by atoms with Gasteiger partial charge in [0.25, 0.3) is 0 Å². The van der Waals surface area contributed by atoms with Crippen molar-refractivity contribution in [3.8, 4) is 11.1 Å². The minimum atomic E-state index is 0.226. The second-order valence-electron chi connectivity index (χ2n) is 6.93. The molecular formula is C20H23N3O. The number of benzene rings is 1. The summed E-state index contributed by atoms with van der Waals surface area (Å²) in [5.41, 5.74) is 3.63. The first-order valence-electron chi connectivity index (χ1n) is 8.76. The molecule has 4 heteroatoms. The van der Waals surface area contributed by atoms with E-state index < -0.39 is 0 Å². The summed E-state index contributed by atoms with van der Waals surface area (Å²) in [4.78, 5) is 18.3. The summed E-state index contributed by atoms with van der Waals surface area (Å²) < 4.78 is 0. The number of nitrogens with zero attached hydrogens (tertiary/aromatic N) is 2. The average molecular weight is 321 g/mol. The fourth-order valence-electron chi connectivity index (χ4n) is 3.56. The molecule has 0 spiro atoms. The van der Waals surface area contributed by atoms with Gasteiger partial charge in [-0.05, 0) is 54.7 Å². The third-order valence-corrected chi connectivity index (χ3v) is 5.03. The summed E-state index contributed by atoms with van der Waals surface area (Å²) in [6.45, 7) is 3.04. The molecule has 1 aliphatic heterocycles. The Kier molecular flexibility index (Phi) is 4.07. The highest BCUT2D eigenvalue weighted by molar-refractivity contribution is 5.80. The van der Waals surface area contributed by atoms with Crippen molar-refractivity contribution in [2.45, 2.75) is 44.3 Å². The first-order valence-corrected chi connectivity index (χ1v) is 8.76. The molecule has 4 rings (SSSR count). The standard InChI is InChI=1S/C20H23N3O/c1-14(22-18-12-20(24)23(13-18)19-5-6-19)16-3-2-4-17(11-16)15-7-9-21-10-8-15/h2-4,7-11,14,18-19,22H,5-6,12-13H2,1H3/t14-,18+/m0/s1. The van der Waals surface area contributed by atoms with Crippen LogP contribution in [0.25, 0.3) is 11.1 Å². The van der Waals surface area contributed by atoms with Gasteiger partial charge in [0.05, 0.1) is 0 Å². The molecule has 0 bridgehead atoms. The quantitative estimate of drug-likeness (QED) is 0.920. The molecule has 0 radical (unpaired) electrons. The summed E-state index contributed by atoms with van der Waals surface area (Å²) in [6, 6.07) is 13.7. The van der Waals surface area contributed by atoms with Gasteiger partial charge in [-0.1, -0.05) is 18.2 Å². The van der Waals surface area contributed by atoms with Crippen LogP contribution in [0.5, 0.6) is 0 Å². The maximum atomic E-state index is 12.1. The fourth-order valence-corrected chi connectivity index (χ4v) is 3.56. The first-order chi connectivity index (χ1) is 11.7. The van der Waals surface area contributed by atoms with Crippen molar-refractivity contribution in [1.29, 1.82) is 0 Å². The number of nitrogens with one attached hydrogen (secondary N) is 1. The van der Waals surface area contributed by atoms with Crippen LogP contribution in [0.4, 0.5) is 0 Å². The van der Waals surface area contributed by atoms with Crippen LogP contribution in [0.15, 0.2) is 48.8 Å². The lowest BCUT2D eigenvalue weighted by atomic mass is 10.0. The number of hydrogen-bond acceptors (Lipinski definition) is 3. The van der Waals surface area contributed by atoms with E-state index in [0.717, 1.165) is 6.54 Å². The van der Waals surface area contributed by atoms with Gasteiger partial charge < -0.3 is 10.2 Å². The van der Waals surface area contributed by atoms with Gasteiger partial charge in [0, 0.05) is 43.5 Å². The Morgan fingerprint density at radius 2 is 1.96 bits per heavy atom. The van der Waals surface area contributed by atoms with Crippen LogP contribution in [0.3, 0.4) is 0 Å². The van der Waals surface area contributed by atoms with Gasteiger partial charge in [-0.25, -0.2) is 0 Å². The van der Waals surface area contributed by atoms with Gasteiger partial charge in [0.2, 0.25) is 5.91 Å². The Balaban J connectivity index is 1.45. The van der Waals surface area contributed by atoms with E-state index in [1.165, 1.54) is 29.5 Å². The highest BCUT2D eigenvalue weighted by atomic mass is 16.2. The van der Waals surface area contributed by atoms with Gasteiger partial charge in [0.1, 0.15) is 0 Å². The topological polar surface area (TPSA) is 45.2 Å². The van der Waals surface area contributed by atoms with Crippen molar-refractivity contribution in [2.75, 3.05) is 6.54 Å². The zero-order valence-electron chi connectivity index (χ0n) is 14.0. The normalized spacial score (nSPS) is 22.0. The summed E-state index contributed by atoms with van der Waals surface area (Å²) in [6.07, 6.45) is 6.63. The number of likely N-dealkylation sites (tertiary alicyclic amines) is 1. The van der Waals surface area contributed by atoms with E-state index in [2.05, 4.69) is 46.4 Å². The number of carbonyl (C=O) groups excluding carboxylic acids is 1. The smallest absolute Gasteiger partial charge is 0.224 e. The molecule has 2 atom stereocenters. The van der Waals surface area contributed by atoms with Gasteiger partial charge in [-0.3, -0.25) is 9.78 Å². The number of aromatic nitrogens is 1. The molecule has 2 aromatic rings. The predicted octanol–water partition coefficient (Wildman–Crippen LogP) is 3.16. The summed E-state index contributed by atoms with van der Waals surface area (Å²) in [5.74, 6) is 0.313. The third kappa shape index (κ3) is 3.20. The molecule has 2 fully saturated rings. The molecule has 1 aromatic carbocycles. The largest absolute Gasteiger partial charge is 0.338 e. The lowest BCUT2D eigenvalue weighted by Gasteiger charge is -2.21. The second-order valence-corrected chi connectivity index (χ2v) is 6.93. The van der Waals surface area contributed by atoms with Crippen molar-refractivity contribution in [3.63, 3.8) is 0 Å². The molecule has 1 aromatic heterocycles. The number of pyridine rings is 1. The van der Waals surface area contributed by atoms with E-state index in [-0.39, 0.29) is 12.1 Å². The number of carbonyl (C=O) groups is 1. The average Bonchev–Trinajstić information content (AvgIpc) is 3.39. The summed E-state index contributed by atoms with van der Waals surface area (Å²) in [7, 11) is 0. The molecule has 2 aliphatic rings. The van der Waals surface area contributed by atoms with Crippen molar-refractivity contribution in [2.24, 2.45) is 0 Å². The Bertz CT molecular complexity index is 727. The van der Waals surface area contributed by atoms with Gasteiger partial charge in [-0.2, -0.15) is 0 Å². The van der Waals surface area contributed by atoms with Crippen molar-refractivity contribution < 1.29 is 4.79 Å². The number of amides is 1. The Labute approximate surface area is 142 Å². The van der Waals surface area contributed by atoms with Crippen LogP contribution >= 0.6 is 0 Å². The lowest BCUT2D eigenvalue weighted by Crippen LogP contribution is -2.35. The zero-order valence-corrected chi connectivity index (χ0v) is 14.0. The van der Waals surface area contributed by atoms with Crippen LogP contribution in [0.2, 0.25) is 0 Å². The van der Waals surface area contributed by atoms with Gasteiger partial charge in [0.15, 0.2) is 0 Å². The Hall–Kier alpha value is -2.20. The molecule has 2 heterocycles. The van der Waals surface area contributed by atoms with E-state index in [1.807, 2.05) is 24.5 Å².